The van der Waals surface area contributed by atoms with E-state index in [-0.39, 0.29) is 30.6 Å². The van der Waals surface area contributed by atoms with Crippen LogP contribution in [0.5, 0.6) is 0 Å². The molecule has 3 aromatic heterocycles. The number of nitriles is 1. The molecule has 0 aliphatic rings. The van der Waals surface area contributed by atoms with E-state index in [0.29, 0.717) is 21.2 Å². The number of ether oxygens (including phenoxy) is 2. The summed E-state index contributed by atoms with van der Waals surface area (Å²) in [5.74, 6) is -0.883. The number of nitrogens with one attached hydrogen (secondary N) is 1. The Kier molecular flexibility index (Phi) is 10.5. The van der Waals surface area contributed by atoms with Gasteiger partial charge >= 0.3 is 17.6 Å². The molecule has 0 aliphatic heterocycles. The molecule has 0 saturated carbocycles. The predicted octanol–water partition coefficient (Wildman–Crippen LogP) is 3.95. The lowest BCUT2D eigenvalue weighted by Gasteiger charge is -2.20. The second kappa shape index (κ2) is 13.0. The number of halogens is 2. The smallest absolute Gasteiger partial charge is 0.350 e. The number of carbonyl (C=O) groups is 2. The monoisotopic (exact) mass is 665 g/mol. The van der Waals surface area contributed by atoms with Gasteiger partial charge in [-0.15, -0.1) is 0 Å². The van der Waals surface area contributed by atoms with Gasteiger partial charge in [0, 0.05) is 21.3 Å². The molecular formula is C25H29Br2N7O5. The van der Waals surface area contributed by atoms with Crippen molar-refractivity contribution in [3.05, 3.63) is 49.7 Å². The topological polar surface area (TPSA) is 175 Å². The van der Waals surface area contributed by atoms with Gasteiger partial charge in [-0.3, -0.25) is 14.2 Å². The summed E-state index contributed by atoms with van der Waals surface area (Å²) in [5, 5.41) is 11.7. The van der Waals surface area contributed by atoms with Gasteiger partial charge in [0.2, 0.25) is 0 Å². The summed E-state index contributed by atoms with van der Waals surface area (Å²) in [6.45, 7) is 10.4. The lowest BCUT2D eigenvalue weighted by molar-refractivity contribution is -0.155. The molecule has 0 fully saturated rings. The number of esters is 2. The number of hydrogen-bond acceptors (Lipinski definition) is 11. The minimum atomic E-state index is -0.628. The van der Waals surface area contributed by atoms with Crippen molar-refractivity contribution in [2.24, 2.45) is 0 Å². The fourth-order valence-electron chi connectivity index (χ4n) is 3.01. The van der Waals surface area contributed by atoms with Crippen LogP contribution in [0.15, 0.2) is 38.3 Å². The van der Waals surface area contributed by atoms with E-state index in [1.165, 1.54) is 10.8 Å². The highest BCUT2D eigenvalue weighted by Crippen LogP contribution is 2.20. The van der Waals surface area contributed by atoms with E-state index in [1.807, 2.05) is 6.07 Å². The number of carbonyl (C=O) groups excluding carboxylic acids is 2. The Morgan fingerprint density at radius 1 is 1.03 bits per heavy atom. The standard InChI is InChI=1S/C13H15BrN4O3.C12H14BrN3O2/c1-13(2,3)21-9(19)6-18-8-4-7(14)5-16-10(8)11(15)17-12(18)20;1-12(2,3)18-11(17)7-16-9-4-8(13)6-15-10(9)5-14/h4-5H,6H2,1-3H3,(H2,15,17,20);4,6,16H,7H2,1-3H3. The molecule has 3 rings (SSSR count). The second-order valence-corrected chi connectivity index (χ2v) is 11.9. The van der Waals surface area contributed by atoms with Gasteiger partial charge in [0.1, 0.15) is 35.9 Å². The maximum Gasteiger partial charge on any atom is 0.350 e. The molecule has 208 valence electrons. The maximum atomic E-state index is 12.0. The lowest BCUT2D eigenvalue weighted by atomic mass is 10.2. The number of nitrogen functional groups attached to an aromatic ring is 1. The Morgan fingerprint density at radius 2 is 1.59 bits per heavy atom. The van der Waals surface area contributed by atoms with Gasteiger partial charge in [-0.05, 0) is 85.5 Å². The summed E-state index contributed by atoms with van der Waals surface area (Å²) in [6.07, 6.45) is 3.07. The van der Waals surface area contributed by atoms with Crippen molar-refractivity contribution in [1.82, 2.24) is 19.5 Å². The highest BCUT2D eigenvalue weighted by Gasteiger charge is 2.19. The van der Waals surface area contributed by atoms with E-state index in [9.17, 15) is 14.4 Å². The first-order valence-electron chi connectivity index (χ1n) is 11.5. The fourth-order valence-corrected chi connectivity index (χ4v) is 3.67. The second-order valence-electron chi connectivity index (χ2n) is 10.1. The molecule has 14 heteroatoms. The van der Waals surface area contributed by atoms with Crippen LogP contribution in [0.3, 0.4) is 0 Å². The van der Waals surface area contributed by atoms with Crippen LogP contribution >= 0.6 is 31.9 Å². The molecule has 3 aromatic rings. The molecule has 0 saturated heterocycles. The van der Waals surface area contributed by atoms with E-state index < -0.39 is 22.9 Å². The Labute approximate surface area is 242 Å². The van der Waals surface area contributed by atoms with Crippen LogP contribution in [-0.2, 0) is 25.6 Å². The van der Waals surface area contributed by atoms with Gasteiger partial charge < -0.3 is 20.5 Å². The Balaban J connectivity index is 0.000000277. The van der Waals surface area contributed by atoms with Crippen LogP contribution in [0.1, 0.15) is 47.2 Å². The van der Waals surface area contributed by atoms with E-state index in [1.54, 1.807) is 59.9 Å². The molecular weight excluding hydrogens is 638 g/mol. The molecule has 0 atom stereocenters. The highest BCUT2D eigenvalue weighted by atomic mass is 79.9. The van der Waals surface area contributed by atoms with E-state index in [4.69, 9.17) is 20.5 Å². The van der Waals surface area contributed by atoms with Crippen LogP contribution in [-0.4, -0.2) is 49.2 Å². The zero-order valence-corrected chi connectivity index (χ0v) is 25.5. The molecule has 0 amide bonds. The molecule has 0 aromatic carbocycles. The van der Waals surface area contributed by atoms with Crippen LogP contribution < -0.4 is 16.7 Å². The van der Waals surface area contributed by atoms with Crippen molar-refractivity contribution in [2.45, 2.75) is 59.3 Å². The van der Waals surface area contributed by atoms with Crippen LogP contribution in [0, 0.1) is 11.3 Å². The zero-order valence-electron chi connectivity index (χ0n) is 22.3. The number of rotatable bonds is 5. The molecule has 0 aliphatic carbocycles. The van der Waals surface area contributed by atoms with Crippen LogP contribution in [0.2, 0.25) is 0 Å². The van der Waals surface area contributed by atoms with Crippen molar-refractivity contribution >= 4 is 66.3 Å². The maximum absolute atomic E-state index is 12.0. The average Bonchev–Trinajstić information content (AvgIpc) is 2.78. The number of aromatic nitrogens is 4. The number of anilines is 2. The Hall–Kier alpha value is -3.57. The van der Waals surface area contributed by atoms with Gasteiger partial charge in [-0.1, -0.05) is 0 Å². The fraction of sp³-hybridized carbons (Fsp3) is 0.400. The van der Waals surface area contributed by atoms with Crippen LogP contribution in [0.25, 0.3) is 11.0 Å². The number of fused-ring (bicyclic) bond motifs is 1. The number of hydrogen-bond donors (Lipinski definition) is 2. The first-order chi connectivity index (χ1) is 18.0. The number of nitrogens with zero attached hydrogens (tertiary/aromatic N) is 5. The zero-order chi connectivity index (χ0) is 29.5. The van der Waals surface area contributed by atoms with Crippen molar-refractivity contribution in [3.8, 4) is 6.07 Å². The Morgan fingerprint density at radius 3 is 2.18 bits per heavy atom. The molecule has 0 radical (unpaired) electrons. The van der Waals surface area contributed by atoms with Crippen molar-refractivity contribution in [2.75, 3.05) is 17.6 Å². The molecule has 0 spiro atoms. The van der Waals surface area contributed by atoms with Crippen LogP contribution in [0.4, 0.5) is 11.5 Å². The molecule has 12 nitrogen and oxygen atoms in total. The normalized spacial score (nSPS) is 11.2. The molecule has 39 heavy (non-hydrogen) atoms. The quantitative estimate of drug-likeness (QED) is 0.377. The number of nitrogens with two attached hydrogens (primary N) is 1. The van der Waals surface area contributed by atoms with E-state index in [2.05, 4.69) is 52.1 Å². The van der Waals surface area contributed by atoms with Gasteiger partial charge in [-0.25, -0.2) is 14.8 Å². The van der Waals surface area contributed by atoms with Gasteiger partial charge in [0.15, 0.2) is 11.5 Å². The lowest BCUT2D eigenvalue weighted by Crippen LogP contribution is -2.32. The predicted molar refractivity (Wildman–Crippen MR) is 153 cm³/mol. The first-order valence-corrected chi connectivity index (χ1v) is 13.1. The van der Waals surface area contributed by atoms with E-state index in [0.717, 1.165) is 4.47 Å². The summed E-state index contributed by atoms with van der Waals surface area (Å²) < 4.78 is 12.9. The van der Waals surface area contributed by atoms with Crippen molar-refractivity contribution < 1.29 is 19.1 Å². The summed E-state index contributed by atoms with van der Waals surface area (Å²) in [6, 6.07) is 5.30. The molecule has 0 unspecified atom stereocenters. The van der Waals surface area contributed by atoms with Gasteiger partial charge in [0.05, 0.1) is 11.2 Å². The summed E-state index contributed by atoms with van der Waals surface area (Å²) in [7, 11) is 0. The van der Waals surface area contributed by atoms with Crippen molar-refractivity contribution in [3.63, 3.8) is 0 Å². The Bertz CT molecular complexity index is 1470. The third kappa shape index (κ3) is 10.3. The number of pyridine rings is 2. The first kappa shape index (κ1) is 31.6. The third-order valence-electron chi connectivity index (χ3n) is 4.33. The average molecular weight is 667 g/mol. The molecule has 0 bridgehead atoms. The largest absolute Gasteiger partial charge is 0.459 e. The summed E-state index contributed by atoms with van der Waals surface area (Å²) >= 11 is 6.53. The minimum absolute atomic E-state index is 0.00984. The van der Waals surface area contributed by atoms with Gasteiger partial charge in [0.25, 0.3) is 0 Å². The van der Waals surface area contributed by atoms with E-state index >= 15 is 0 Å². The van der Waals surface area contributed by atoms with Crippen molar-refractivity contribution in [1.29, 1.82) is 5.26 Å². The minimum Gasteiger partial charge on any atom is -0.459 e. The molecule has 3 heterocycles. The third-order valence-corrected chi connectivity index (χ3v) is 5.19. The summed E-state index contributed by atoms with van der Waals surface area (Å²) in [4.78, 5) is 47.1. The summed E-state index contributed by atoms with van der Waals surface area (Å²) in [5.41, 5.74) is 5.44. The SMILES string of the molecule is CC(C)(C)OC(=O)CNc1cc(Br)cnc1C#N.CC(C)(C)OC(=O)Cn1c(=O)nc(N)c2ncc(Br)cc21. The highest BCUT2D eigenvalue weighted by molar-refractivity contribution is 9.10. The van der Waals surface area contributed by atoms with Gasteiger partial charge in [-0.2, -0.15) is 10.2 Å². The molecule has 3 N–H and O–H groups in total.